The molecule has 0 unspecified atom stereocenters. The van der Waals surface area contributed by atoms with E-state index < -0.39 is 18.5 Å². The number of aryl methyl sites for hydroxylation is 1. The van der Waals surface area contributed by atoms with Crippen molar-refractivity contribution in [3.63, 3.8) is 0 Å². The second kappa shape index (κ2) is 12.1. The van der Waals surface area contributed by atoms with Crippen LogP contribution in [0.2, 0.25) is 0 Å². The van der Waals surface area contributed by atoms with Gasteiger partial charge in [-0.05, 0) is 54.4 Å². The first-order valence-electron chi connectivity index (χ1n) is 10.7. The van der Waals surface area contributed by atoms with Gasteiger partial charge in [0.25, 0.3) is 11.8 Å². The van der Waals surface area contributed by atoms with Gasteiger partial charge in [0, 0.05) is 17.4 Å². The Morgan fingerprint density at radius 1 is 0.794 bits per heavy atom. The van der Waals surface area contributed by atoms with Crippen molar-refractivity contribution in [1.82, 2.24) is 0 Å². The summed E-state index contributed by atoms with van der Waals surface area (Å²) in [5, 5.41) is 5.46. The number of nitrogens with one attached hydrogen (secondary N) is 2. The van der Waals surface area contributed by atoms with Crippen LogP contribution in [0.3, 0.4) is 0 Å². The number of hydrogen-bond acceptors (Lipinski definition) is 6. The van der Waals surface area contributed by atoms with E-state index >= 15 is 0 Å². The van der Waals surface area contributed by atoms with Crippen molar-refractivity contribution in [1.29, 1.82) is 0 Å². The van der Waals surface area contributed by atoms with Crippen LogP contribution < -0.4 is 20.1 Å². The van der Waals surface area contributed by atoms with Gasteiger partial charge in [0.05, 0.1) is 12.7 Å². The number of para-hydroxylation sites is 1. The van der Waals surface area contributed by atoms with Crippen molar-refractivity contribution in [3.8, 4) is 11.5 Å². The molecule has 0 aromatic heterocycles. The average molecular weight is 463 g/mol. The SMILES string of the molecule is CCc1ccccc1NC(=O)COC(=O)c1ccc(OCC(=O)Nc2cccc(OC)c2)cc1. The molecule has 0 saturated heterocycles. The van der Waals surface area contributed by atoms with Gasteiger partial charge in [0.1, 0.15) is 11.5 Å². The zero-order valence-corrected chi connectivity index (χ0v) is 19.0. The van der Waals surface area contributed by atoms with Crippen molar-refractivity contribution in [2.75, 3.05) is 31.0 Å². The quantitative estimate of drug-likeness (QED) is 0.440. The average Bonchev–Trinajstić information content (AvgIpc) is 2.86. The molecule has 0 bridgehead atoms. The summed E-state index contributed by atoms with van der Waals surface area (Å²) in [5.74, 6) is -0.361. The molecule has 3 aromatic rings. The minimum atomic E-state index is -0.638. The Bertz CT molecular complexity index is 1140. The summed E-state index contributed by atoms with van der Waals surface area (Å²) in [6.07, 6.45) is 0.771. The van der Waals surface area contributed by atoms with Gasteiger partial charge in [-0.25, -0.2) is 4.79 Å². The molecule has 2 amide bonds. The van der Waals surface area contributed by atoms with E-state index in [1.807, 2.05) is 25.1 Å². The van der Waals surface area contributed by atoms with E-state index in [2.05, 4.69) is 10.6 Å². The van der Waals surface area contributed by atoms with Crippen LogP contribution in [-0.4, -0.2) is 38.1 Å². The summed E-state index contributed by atoms with van der Waals surface area (Å²) in [4.78, 5) is 36.5. The third-order valence-electron chi connectivity index (χ3n) is 4.82. The van der Waals surface area contributed by atoms with Gasteiger partial charge in [-0.2, -0.15) is 0 Å². The van der Waals surface area contributed by atoms with Crippen LogP contribution in [0, 0.1) is 0 Å². The van der Waals surface area contributed by atoms with Gasteiger partial charge in [-0.3, -0.25) is 9.59 Å². The Balaban J connectivity index is 1.44. The highest BCUT2D eigenvalue weighted by atomic mass is 16.5. The molecule has 0 saturated carbocycles. The Morgan fingerprint density at radius 3 is 2.26 bits per heavy atom. The molecule has 8 heteroatoms. The third kappa shape index (κ3) is 7.09. The molecule has 3 rings (SSSR count). The molecule has 0 spiro atoms. The maximum Gasteiger partial charge on any atom is 0.338 e. The predicted molar refractivity (Wildman–Crippen MR) is 128 cm³/mol. The highest BCUT2D eigenvalue weighted by molar-refractivity contribution is 5.96. The minimum Gasteiger partial charge on any atom is -0.497 e. The predicted octanol–water partition coefficient (Wildman–Crippen LogP) is 4.07. The molecule has 0 aliphatic heterocycles. The lowest BCUT2D eigenvalue weighted by atomic mass is 10.1. The van der Waals surface area contributed by atoms with E-state index in [0.29, 0.717) is 22.9 Å². The largest absolute Gasteiger partial charge is 0.497 e. The lowest BCUT2D eigenvalue weighted by Crippen LogP contribution is -2.21. The molecular formula is C26H26N2O6. The topological polar surface area (TPSA) is 103 Å². The van der Waals surface area contributed by atoms with Crippen molar-refractivity contribution in [3.05, 3.63) is 83.9 Å². The number of carbonyl (C=O) groups excluding carboxylic acids is 3. The first kappa shape index (κ1) is 24.3. The Hall–Kier alpha value is -4.33. The summed E-state index contributed by atoms with van der Waals surface area (Å²) >= 11 is 0. The van der Waals surface area contributed by atoms with E-state index in [4.69, 9.17) is 14.2 Å². The molecule has 176 valence electrons. The van der Waals surface area contributed by atoms with Crippen LogP contribution in [0.5, 0.6) is 11.5 Å². The van der Waals surface area contributed by atoms with Crippen LogP contribution in [0.25, 0.3) is 0 Å². The van der Waals surface area contributed by atoms with Gasteiger partial charge in [-0.15, -0.1) is 0 Å². The van der Waals surface area contributed by atoms with Crippen molar-refractivity contribution < 1.29 is 28.6 Å². The van der Waals surface area contributed by atoms with E-state index in [0.717, 1.165) is 12.0 Å². The van der Waals surface area contributed by atoms with Crippen LogP contribution in [-0.2, 0) is 20.7 Å². The van der Waals surface area contributed by atoms with Crippen LogP contribution >= 0.6 is 0 Å². The van der Waals surface area contributed by atoms with E-state index in [1.54, 1.807) is 49.6 Å². The van der Waals surface area contributed by atoms with Crippen LogP contribution in [0.1, 0.15) is 22.8 Å². The molecule has 8 nitrogen and oxygen atoms in total. The third-order valence-corrected chi connectivity index (χ3v) is 4.82. The number of amides is 2. The van der Waals surface area contributed by atoms with E-state index in [1.165, 1.54) is 12.1 Å². The van der Waals surface area contributed by atoms with Gasteiger partial charge < -0.3 is 24.8 Å². The van der Waals surface area contributed by atoms with Crippen molar-refractivity contribution in [2.24, 2.45) is 0 Å². The lowest BCUT2D eigenvalue weighted by molar-refractivity contribution is -0.119. The number of benzene rings is 3. The fraction of sp³-hybridized carbons (Fsp3) is 0.192. The Kier molecular flexibility index (Phi) is 8.62. The second-order valence-corrected chi connectivity index (χ2v) is 7.23. The highest BCUT2D eigenvalue weighted by Gasteiger charge is 2.12. The highest BCUT2D eigenvalue weighted by Crippen LogP contribution is 2.18. The summed E-state index contributed by atoms with van der Waals surface area (Å²) in [6, 6.07) is 20.5. The molecule has 2 N–H and O–H groups in total. The molecule has 0 aliphatic rings. The smallest absolute Gasteiger partial charge is 0.338 e. The van der Waals surface area contributed by atoms with E-state index in [-0.39, 0.29) is 18.1 Å². The van der Waals surface area contributed by atoms with Crippen LogP contribution in [0.15, 0.2) is 72.8 Å². The van der Waals surface area contributed by atoms with Gasteiger partial charge in [0.15, 0.2) is 13.2 Å². The minimum absolute atomic E-state index is 0.208. The molecule has 3 aromatic carbocycles. The summed E-state index contributed by atoms with van der Waals surface area (Å²) in [7, 11) is 1.55. The molecular weight excluding hydrogens is 436 g/mol. The monoisotopic (exact) mass is 462 g/mol. The standard InChI is InChI=1S/C26H26N2O6/c1-3-18-7-4-5-10-23(18)28-25(30)17-34-26(31)19-11-13-21(14-12-19)33-16-24(29)27-20-8-6-9-22(15-20)32-2/h4-15H,3,16-17H2,1-2H3,(H,27,29)(H,28,30). The first-order valence-corrected chi connectivity index (χ1v) is 10.7. The maximum atomic E-state index is 12.2. The molecule has 0 aliphatic carbocycles. The summed E-state index contributed by atoms with van der Waals surface area (Å²) in [6.45, 7) is 1.38. The number of hydrogen-bond donors (Lipinski definition) is 2. The van der Waals surface area contributed by atoms with Crippen molar-refractivity contribution in [2.45, 2.75) is 13.3 Å². The normalized spacial score (nSPS) is 10.2. The Labute approximate surface area is 197 Å². The lowest BCUT2D eigenvalue weighted by Gasteiger charge is -2.10. The fourth-order valence-corrected chi connectivity index (χ4v) is 3.09. The van der Waals surface area contributed by atoms with Crippen molar-refractivity contribution >= 4 is 29.2 Å². The maximum absolute atomic E-state index is 12.2. The van der Waals surface area contributed by atoms with Gasteiger partial charge in [-0.1, -0.05) is 31.2 Å². The first-order chi connectivity index (χ1) is 16.5. The number of ether oxygens (including phenoxy) is 3. The van der Waals surface area contributed by atoms with Gasteiger partial charge >= 0.3 is 5.97 Å². The summed E-state index contributed by atoms with van der Waals surface area (Å²) in [5.41, 5.74) is 2.54. The number of methoxy groups -OCH3 is 1. The van der Waals surface area contributed by atoms with Crippen LogP contribution in [0.4, 0.5) is 11.4 Å². The second-order valence-electron chi connectivity index (χ2n) is 7.23. The number of rotatable bonds is 10. The summed E-state index contributed by atoms with van der Waals surface area (Å²) < 4.78 is 15.7. The zero-order chi connectivity index (χ0) is 24.3. The molecule has 0 heterocycles. The molecule has 34 heavy (non-hydrogen) atoms. The van der Waals surface area contributed by atoms with E-state index in [9.17, 15) is 14.4 Å². The molecule has 0 radical (unpaired) electrons. The van der Waals surface area contributed by atoms with Gasteiger partial charge in [0.2, 0.25) is 0 Å². The molecule has 0 fully saturated rings. The number of carbonyl (C=O) groups is 3. The zero-order valence-electron chi connectivity index (χ0n) is 19.0. The number of anilines is 2. The Morgan fingerprint density at radius 2 is 1.53 bits per heavy atom. The fourth-order valence-electron chi connectivity index (χ4n) is 3.09. The number of esters is 1. The molecule has 0 atom stereocenters.